The number of carbonyl (C=O) groups excluding carboxylic acids is 2. The van der Waals surface area contributed by atoms with Crippen LogP contribution >= 0.6 is 11.6 Å². The van der Waals surface area contributed by atoms with Crippen molar-refractivity contribution in [1.29, 1.82) is 0 Å². The van der Waals surface area contributed by atoms with Gasteiger partial charge in [-0.05, 0) is 55.9 Å². The van der Waals surface area contributed by atoms with Gasteiger partial charge < -0.3 is 20.0 Å². The van der Waals surface area contributed by atoms with E-state index in [0.717, 1.165) is 44.0 Å². The van der Waals surface area contributed by atoms with Crippen LogP contribution < -0.4 is 15.1 Å². The van der Waals surface area contributed by atoms with E-state index in [2.05, 4.69) is 22.2 Å². The molecule has 152 valence electrons. The van der Waals surface area contributed by atoms with Gasteiger partial charge in [0.2, 0.25) is 5.91 Å². The van der Waals surface area contributed by atoms with Crippen LogP contribution in [-0.2, 0) is 4.79 Å². The Hall–Kier alpha value is -2.57. The Labute approximate surface area is 176 Å². The molecule has 0 spiro atoms. The molecule has 2 aliphatic rings. The highest BCUT2D eigenvalue weighted by atomic mass is 35.5. The van der Waals surface area contributed by atoms with Crippen LogP contribution in [-0.4, -0.2) is 56.5 Å². The Kier molecular flexibility index (Phi) is 5.74. The average Bonchev–Trinajstić information content (AvgIpc) is 3.15. The van der Waals surface area contributed by atoms with Gasteiger partial charge in [-0.3, -0.25) is 9.59 Å². The van der Waals surface area contributed by atoms with Crippen LogP contribution in [0.15, 0.2) is 42.5 Å². The van der Waals surface area contributed by atoms with E-state index in [1.165, 1.54) is 0 Å². The third kappa shape index (κ3) is 4.38. The summed E-state index contributed by atoms with van der Waals surface area (Å²) < 4.78 is 0. The third-order valence-corrected chi connectivity index (χ3v) is 5.80. The number of carbonyl (C=O) groups is 2. The molecule has 2 aliphatic heterocycles. The van der Waals surface area contributed by atoms with Crippen LogP contribution in [0.1, 0.15) is 23.2 Å². The number of amides is 2. The first-order valence-electron chi connectivity index (χ1n) is 9.96. The predicted molar refractivity (Wildman–Crippen MR) is 117 cm³/mol. The molecule has 0 atom stereocenters. The molecule has 2 aromatic rings. The van der Waals surface area contributed by atoms with Crippen LogP contribution in [0.5, 0.6) is 0 Å². The Morgan fingerprint density at radius 2 is 1.72 bits per heavy atom. The summed E-state index contributed by atoms with van der Waals surface area (Å²) in [7, 11) is 2.14. The molecule has 2 fully saturated rings. The quantitative estimate of drug-likeness (QED) is 0.835. The van der Waals surface area contributed by atoms with E-state index in [0.29, 0.717) is 29.2 Å². The van der Waals surface area contributed by atoms with Gasteiger partial charge in [0, 0.05) is 55.5 Å². The Bertz CT molecular complexity index is 908. The van der Waals surface area contributed by atoms with E-state index in [1.54, 1.807) is 23.1 Å². The molecule has 29 heavy (non-hydrogen) atoms. The Balaban J connectivity index is 1.49. The normalized spacial score (nSPS) is 17.7. The zero-order valence-corrected chi connectivity index (χ0v) is 17.3. The van der Waals surface area contributed by atoms with Crippen molar-refractivity contribution >= 4 is 40.5 Å². The molecule has 0 aromatic heterocycles. The first kappa shape index (κ1) is 19.7. The standard InChI is InChI=1S/C22H25ClN4O2/c1-25-11-13-26(14-12-25)18-7-5-17(6-8-18)24-22(29)19-9-4-16(23)15-20(19)27-10-2-3-21(27)28/h4-9,15H,2-3,10-14H2,1H3,(H,24,29). The number of likely N-dealkylation sites (N-methyl/N-ethyl adjacent to an activating group) is 1. The zero-order valence-electron chi connectivity index (χ0n) is 16.5. The number of anilines is 3. The minimum absolute atomic E-state index is 0.0258. The SMILES string of the molecule is CN1CCN(c2ccc(NC(=O)c3ccc(Cl)cc3N3CCCC3=O)cc2)CC1. The maximum atomic E-state index is 12.9. The van der Waals surface area contributed by atoms with Gasteiger partial charge >= 0.3 is 0 Å². The number of rotatable bonds is 4. The van der Waals surface area contributed by atoms with Gasteiger partial charge in [0.05, 0.1) is 11.3 Å². The fourth-order valence-corrected chi connectivity index (χ4v) is 4.01. The van der Waals surface area contributed by atoms with E-state index in [-0.39, 0.29) is 11.8 Å². The topological polar surface area (TPSA) is 55.9 Å². The molecule has 7 heteroatoms. The fourth-order valence-electron chi connectivity index (χ4n) is 3.84. The summed E-state index contributed by atoms with van der Waals surface area (Å²) in [5.41, 5.74) is 2.91. The third-order valence-electron chi connectivity index (χ3n) is 5.56. The molecule has 2 heterocycles. The Morgan fingerprint density at radius 1 is 1.00 bits per heavy atom. The predicted octanol–water partition coefficient (Wildman–Crippen LogP) is 3.47. The molecular formula is C22H25ClN4O2. The van der Waals surface area contributed by atoms with E-state index in [4.69, 9.17) is 11.6 Å². The average molecular weight is 413 g/mol. The number of nitrogens with one attached hydrogen (secondary N) is 1. The summed E-state index contributed by atoms with van der Waals surface area (Å²) >= 11 is 6.13. The maximum absolute atomic E-state index is 12.9. The molecule has 0 bridgehead atoms. The van der Waals surface area contributed by atoms with Crippen LogP contribution in [0.25, 0.3) is 0 Å². The van der Waals surface area contributed by atoms with Crippen molar-refractivity contribution in [2.45, 2.75) is 12.8 Å². The van der Waals surface area contributed by atoms with Crippen molar-refractivity contribution < 1.29 is 9.59 Å². The molecule has 2 amide bonds. The summed E-state index contributed by atoms with van der Waals surface area (Å²) in [6.07, 6.45) is 1.29. The summed E-state index contributed by atoms with van der Waals surface area (Å²) in [5, 5.41) is 3.45. The number of benzene rings is 2. The van der Waals surface area contributed by atoms with Crippen molar-refractivity contribution in [1.82, 2.24) is 4.90 Å². The second kappa shape index (κ2) is 8.43. The number of nitrogens with zero attached hydrogens (tertiary/aromatic N) is 3. The van der Waals surface area contributed by atoms with Crippen molar-refractivity contribution in [3.05, 3.63) is 53.1 Å². The van der Waals surface area contributed by atoms with E-state index >= 15 is 0 Å². The summed E-state index contributed by atoms with van der Waals surface area (Å²) in [4.78, 5) is 31.4. The Morgan fingerprint density at radius 3 is 2.38 bits per heavy atom. The highest BCUT2D eigenvalue weighted by Gasteiger charge is 2.26. The lowest BCUT2D eigenvalue weighted by Crippen LogP contribution is -2.44. The highest BCUT2D eigenvalue weighted by molar-refractivity contribution is 6.31. The molecule has 2 saturated heterocycles. The smallest absolute Gasteiger partial charge is 0.257 e. The van der Waals surface area contributed by atoms with E-state index < -0.39 is 0 Å². The second-order valence-electron chi connectivity index (χ2n) is 7.60. The first-order chi connectivity index (χ1) is 14.0. The zero-order chi connectivity index (χ0) is 20.4. The van der Waals surface area contributed by atoms with Gasteiger partial charge in [-0.2, -0.15) is 0 Å². The highest BCUT2D eigenvalue weighted by Crippen LogP contribution is 2.29. The minimum Gasteiger partial charge on any atom is -0.369 e. The molecular weight excluding hydrogens is 388 g/mol. The van der Waals surface area contributed by atoms with Gasteiger partial charge in [0.15, 0.2) is 0 Å². The van der Waals surface area contributed by atoms with Crippen LogP contribution in [0.4, 0.5) is 17.1 Å². The van der Waals surface area contributed by atoms with Gasteiger partial charge in [0.1, 0.15) is 0 Å². The largest absolute Gasteiger partial charge is 0.369 e. The summed E-state index contributed by atoms with van der Waals surface area (Å²) in [6.45, 7) is 4.71. The minimum atomic E-state index is -0.247. The van der Waals surface area contributed by atoms with Gasteiger partial charge in [-0.25, -0.2) is 0 Å². The fraction of sp³-hybridized carbons (Fsp3) is 0.364. The molecule has 0 unspecified atom stereocenters. The molecule has 0 aliphatic carbocycles. The lowest BCUT2D eigenvalue weighted by Gasteiger charge is -2.34. The molecule has 2 aromatic carbocycles. The van der Waals surface area contributed by atoms with Crippen molar-refractivity contribution in [3.8, 4) is 0 Å². The summed E-state index contributed by atoms with van der Waals surface area (Å²) in [6, 6.07) is 13.0. The van der Waals surface area contributed by atoms with E-state index in [1.807, 2.05) is 24.3 Å². The molecule has 0 saturated carbocycles. The molecule has 1 N–H and O–H groups in total. The van der Waals surface area contributed by atoms with Crippen LogP contribution in [0.3, 0.4) is 0 Å². The lowest BCUT2D eigenvalue weighted by molar-refractivity contribution is -0.117. The van der Waals surface area contributed by atoms with Crippen LogP contribution in [0.2, 0.25) is 5.02 Å². The van der Waals surface area contributed by atoms with Gasteiger partial charge in [-0.1, -0.05) is 11.6 Å². The summed E-state index contributed by atoms with van der Waals surface area (Å²) in [5.74, 6) is -0.221. The number of piperazine rings is 1. The van der Waals surface area contributed by atoms with Crippen LogP contribution in [0, 0.1) is 0 Å². The maximum Gasteiger partial charge on any atom is 0.257 e. The lowest BCUT2D eigenvalue weighted by atomic mass is 10.1. The van der Waals surface area contributed by atoms with E-state index in [9.17, 15) is 9.59 Å². The number of halogens is 1. The molecule has 6 nitrogen and oxygen atoms in total. The second-order valence-corrected chi connectivity index (χ2v) is 8.04. The van der Waals surface area contributed by atoms with Gasteiger partial charge in [0.25, 0.3) is 5.91 Å². The van der Waals surface area contributed by atoms with Gasteiger partial charge in [-0.15, -0.1) is 0 Å². The van der Waals surface area contributed by atoms with Crippen molar-refractivity contribution in [2.75, 3.05) is 54.9 Å². The first-order valence-corrected chi connectivity index (χ1v) is 10.3. The molecule has 4 rings (SSSR count). The van der Waals surface area contributed by atoms with Crippen molar-refractivity contribution in [3.63, 3.8) is 0 Å². The monoisotopic (exact) mass is 412 g/mol. The number of hydrogen-bond donors (Lipinski definition) is 1. The molecule has 0 radical (unpaired) electrons. The number of hydrogen-bond acceptors (Lipinski definition) is 4. The van der Waals surface area contributed by atoms with Crippen molar-refractivity contribution in [2.24, 2.45) is 0 Å².